The monoisotopic (exact) mass is 300 g/mol. The maximum absolute atomic E-state index is 13.1. The van der Waals surface area contributed by atoms with Crippen molar-refractivity contribution >= 4 is 17.4 Å². The number of carbonyl (C=O) groups excluding carboxylic acids is 1. The second-order valence-corrected chi connectivity index (χ2v) is 4.75. The lowest BCUT2D eigenvalue weighted by Crippen LogP contribution is -2.17. The minimum absolute atomic E-state index is 0.186. The van der Waals surface area contributed by atoms with Gasteiger partial charge in [-0.15, -0.1) is 0 Å². The van der Waals surface area contributed by atoms with Crippen LogP contribution in [-0.2, 0) is 4.79 Å². The number of hydrogen-bond acceptors (Lipinski definition) is 4. The Kier molecular flexibility index (Phi) is 3.80. The largest absolute Gasteiger partial charge is 0.388 e. The summed E-state index contributed by atoms with van der Waals surface area (Å²) in [5.41, 5.74) is 0.956. The van der Waals surface area contributed by atoms with Crippen molar-refractivity contribution in [3.8, 4) is 0 Å². The van der Waals surface area contributed by atoms with Gasteiger partial charge in [-0.3, -0.25) is 4.79 Å². The van der Waals surface area contributed by atoms with Crippen molar-refractivity contribution in [2.75, 3.05) is 5.32 Å². The molecule has 0 aliphatic carbocycles. The van der Waals surface area contributed by atoms with E-state index in [4.69, 9.17) is 0 Å². The first kappa shape index (κ1) is 14.2. The highest BCUT2D eigenvalue weighted by atomic mass is 19.1. The van der Waals surface area contributed by atoms with Crippen molar-refractivity contribution in [1.82, 2.24) is 14.6 Å². The van der Waals surface area contributed by atoms with Crippen molar-refractivity contribution < 1.29 is 14.3 Å². The van der Waals surface area contributed by atoms with Gasteiger partial charge in [0.2, 0.25) is 5.91 Å². The summed E-state index contributed by atoms with van der Waals surface area (Å²) in [7, 11) is 0. The standard InChI is InChI=1S/C15H13FN4O2/c16-11-3-1-2-10(8-11)12(21)9-15(22)19-14-4-6-17-13-5-7-18-20(13)14/h1-8,12,21H,9H2,(H,19,22). The van der Waals surface area contributed by atoms with Crippen LogP contribution in [0.25, 0.3) is 5.65 Å². The number of hydrogen-bond donors (Lipinski definition) is 2. The van der Waals surface area contributed by atoms with E-state index in [1.54, 1.807) is 30.6 Å². The molecule has 1 amide bonds. The van der Waals surface area contributed by atoms with Gasteiger partial charge in [0, 0.05) is 12.3 Å². The molecule has 2 aromatic heterocycles. The Balaban J connectivity index is 1.71. The van der Waals surface area contributed by atoms with E-state index in [9.17, 15) is 14.3 Å². The first-order valence-electron chi connectivity index (χ1n) is 6.65. The fourth-order valence-electron chi connectivity index (χ4n) is 2.13. The van der Waals surface area contributed by atoms with Crippen LogP contribution in [0, 0.1) is 5.82 Å². The number of nitrogens with one attached hydrogen (secondary N) is 1. The van der Waals surface area contributed by atoms with Crippen LogP contribution < -0.4 is 5.32 Å². The normalized spacial score (nSPS) is 12.3. The zero-order valence-corrected chi connectivity index (χ0v) is 11.5. The number of aliphatic hydroxyl groups excluding tert-OH is 1. The molecular weight excluding hydrogens is 287 g/mol. The number of anilines is 1. The second-order valence-electron chi connectivity index (χ2n) is 4.75. The van der Waals surface area contributed by atoms with Gasteiger partial charge in [-0.05, 0) is 23.8 Å². The Bertz CT molecular complexity index is 818. The molecule has 22 heavy (non-hydrogen) atoms. The van der Waals surface area contributed by atoms with E-state index in [0.29, 0.717) is 17.0 Å². The zero-order chi connectivity index (χ0) is 15.5. The third kappa shape index (κ3) is 2.94. The Morgan fingerprint density at radius 1 is 1.32 bits per heavy atom. The Labute approximate surface area is 125 Å². The number of carbonyl (C=O) groups is 1. The maximum atomic E-state index is 13.1. The molecule has 1 aromatic carbocycles. The Hall–Kier alpha value is -2.80. The summed E-state index contributed by atoms with van der Waals surface area (Å²) >= 11 is 0. The molecule has 2 N–H and O–H groups in total. The molecule has 1 unspecified atom stereocenters. The van der Waals surface area contributed by atoms with Gasteiger partial charge in [0.05, 0.1) is 18.7 Å². The lowest BCUT2D eigenvalue weighted by molar-refractivity contribution is -0.118. The second kappa shape index (κ2) is 5.90. The summed E-state index contributed by atoms with van der Waals surface area (Å²) in [4.78, 5) is 16.1. The van der Waals surface area contributed by atoms with Crippen LogP contribution in [-0.4, -0.2) is 25.6 Å². The molecule has 0 aliphatic rings. The van der Waals surface area contributed by atoms with Crippen molar-refractivity contribution in [1.29, 1.82) is 0 Å². The van der Waals surface area contributed by atoms with Crippen LogP contribution in [0.2, 0.25) is 0 Å². The number of aromatic nitrogens is 3. The average Bonchev–Trinajstić information content (AvgIpc) is 2.96. The molecule has 0 bridgehead atoms. The van der Waals surface area contributed by atoms with Crippen LogP contribution in [0.5, 0.6) is 0 Å². The van der Waals surface area contributed by atoms with Crippen molar-refractivity contribution in [2.24, 2.45) is 0 Å². The summed E-state index contributed by atoms with van der Waals surface area (Å²) in [5, 5.41) is 16.7. The van der Waals surface area contributed by atoms with Gasteiger partial charge in [0.1, 0.15) is 11.6 Å². The predicted molar refractivity (Wildman–Crippen MR) is 77.6 cm³/mol. The van der Waals surface area contributed by atoms with E-state index in [-0.39, 0.29) is 6.42 Å². The number of amides is 1. The van der Waals surface area contributed by atoms with Crippen LogP contribution in [0.15, 0.2) is 48.8 Å². The lowest BCUT2D eigenvalue weighted by Gasteiger charge is -2.12. The van der Waals surface area contributed by atoms with E-state index in [1.807, 2.05) is 0 Å². The van der Waals surface area contributed by atoms with Gasteiger partial charge < -0.3 is 10.4 Å². The van der Waals surface area contributed by atoms with E-state index in [2.05, 4.69) is 15.4 Å². The molecule has 112 valence electrons. The van der Waals surface area contributed by atoms with E-state index in [0.717, 1.165) is 0 Å². The van der Waals surface area contributed by atoms with E-state index >= 15 is 0 Å². The smallest absolute Gasteiger partial charge is 0.228 e. The molecule has 7 heteroatoms. The van der Waals surface area contributed by atoms with Crippen LogP contribution in [0.3, 0.4) is 0 Å². The van der Waals surface area contributed by atoms with E-state index < -0.39 is 17.8 Å². The maximum Gasteiger partial charge on any atom is 0.228 e. The summed E-state index contributed by atoms with van der Waals surface area (Å²) in [6.07, 6.45) is 1.86. The Morgan fingerprint density at radius 3 is 3.00 bits per heavy atom. The topological polar surface area (TPSA) is 79.5 Å². The summed E-state index contributed by atoms with van der Waals surface area (Å²) in [6.45, 7) is 0. The van der Waals surface area contributed by atoms with Crippen LogP contribution >= 0.6 is 0 Å². The number of nitrogens with zero attached hydrogens (tertiary/aromatic N) is 3. The summed E-state index contributed by atoms with van der Waals surface area (Å²) in [6, 6.07) is 8.85. The number of aliphatic hydroxyl groups is 1. The molecule has 0 spiro atoms. The quantitative estimate of drug-likeness (QED) is 0.771. The molecule has 3 aromatic rings. The number of halogens is 1. The van der Waals surface area contributed by atoms with Crippen molar-refractivity contribution in [2.45, 2.75) is 12.5 Å². The summed E-state index contributed by atoms with van der Waals surface area (Å²) < 4.78 is 14.6. The number of fused-ring (bicyclic) bond motifs is 1. The molecule has 0 saturated carbocycles. The highest BCUT2D eigenvalue weighted by molar-refractivity contribution is 5.90. The molecule has 2 heterocycles. The Morgan fingerprint density at radius 2 is 2.18 bits per heavy atom. The first-order chi connectivity index (χ1) is 10.6. The first-order valence-corrected chi connectivity index (χ1v) is 6.65. The fourth-order valence-corrected chi connectivity index (χ4v) is 2.13. The molecular formula is C15H13FN4O2. The molecule has 0 saturated heterocycles. The highest BCUT2D eigenvalue weighted by Gasteiger charge is 2.15. The highest BCUT2D eigenvalue weighted by Crippen LogP contribution is 2.18. The van der Waals surface area contributed by atoms with Gasteiger partial charge in [-0.25, -0.2) is 9.37 Å². The van der Waals surface area contributed by atoms with Crippen molar-refractivity contribution in [3.05, 3.63) is 60.2 Å². The third-order valence-corrected chi connectivity index (χ3v) is 3.17. The van der Waals surface area contributed by atoms with Gasteiger partial charge in [-0.1, -0.05) is 12.1 Å². The minimum atomic E-state index is -1.08. The minimum Gasteiger partial charge on any atom is -0.388 e. The zero-order valence-electron chi connectivity index (χ0n) is 11.5. The number of rotatable bonds is 4. The van der Waals surface area contributed by atoms with Crippen LogP contribution in [0.1, 0.15) is 18.1 Å². The lowest BCUT2D eigenvalue weighted by atomic mass is 10.1. The van der Waals surface area contributed by atoms with Gasteiger partial charge in [-0.2, -0.15) is 9.61 Å². The number of benzene rings is 1. The molecule has 0 fully saturated rings. The average molecular weight is 300 g/mol. The van der Waals surface area contributed by atoms with Crippen molar-refractivity contribution in [3.63, 3.8) is 0 Å². The molecule has 0 radical (unpaired) electrons. The SMILES string of the molecule is O=C(CC(O)c1cccc(F)c1)Nc1ccnc2ccnn12. The third-order valence-electron chi connectivity index (χ3n) is 3.17. The summed E-state index contributed by atoms with van der Waals surface area (Å²) in [5.74, 6) is -0.407. The van der Waals surface area contributed by atoms with E-state index in [1.165, 1.54) is 22.7 Å². The van der Waals surface area contributed by atoms with Gasteiger partial charge >= 0.3 is 0 Å². The molecule has 3 rings (SSSR count). The van der Waals surface area contributed by atoms with Gasteiger partial charge in [0.15, 0.2) is 5.65 Å². The molecule has 6 nitrogen and oxygen atoms in total. The van der Waals surface area contributed by atoms with Gasteiger partial charge in [0.25, 0.3) is 0 Å². The van der Waals surface area contributed by atoms with Crippen LogP contribution in [0.4, 0.5) is 10.2 Å². The fraction of sp³-hybridized carbons (Fsp3) is 0.133. The predicted octanol–water partition coefficient (Wildman–Crippen LogP) is 1.93. The molecule has 1 atom stereocenters. The molecule has 0 aliphatic heterocycles.